The number of carbonyl (C=O) groups excluding carboxylic acids is 1. The van der Waals surface area contributed by atoms with Gasteiger partial charge in [-0.25, -0.2) is 0 Å². The van der Waals surface area contributed by atoms with Crippen LogP contribution < -0.4 is 5.73 Å². The van der Waals surface area contributed by atoms with Crippen LogP contribution in [-0.2, 0) is 20.7 Å². The van der Waals surface area contributed by atoms with E-state index in [4.69, 9.17) is 20.4 Å². The van der Waals surface area contributed by atoms with Crippen molar-refractivity contribution in [1.29, 1.82) is 0 Å². The maximum Gasteiger partial charge on any atom is 0.290 e. The van der Waals surface area contributed by atoms with Gasteiger partial charge in [0.1, 0.15) is 5.82 Å². The number of carbonyl (C=O) groups is 2. The number of carboxylic acid groups (broad SMARTS) is 1. The van der Waals surface area contributed by atoms with Crippen LogP contribution in [0.2, 0.25) is 0 Å². The lowest BCUT2D eigenvalue weighted by atomic mass is 9.89. The lowest BCUT2D eigenvalue weighted by Crippen LogP contribution is -2.56. The van der Waals surface area contributed by atoms with Gasteiger partial charge in [0, 0.05) is 26.2 Å². The van der Waals surface area contributed by atoms with E-state index in [9.17, 15) is 4.79 Å². The van der Waals surface area contributed by atoms with Crippen molar-refractivity contribution in [2.45, 2.75) is 24.9 Å². The van der Waals surface area contributed by atoms with Crippen LogP contribution in [-0.4, -0.2) is 87.9 Å². The smallest absolute Gasteiger partial charge is 0.290 e. The van der Waals surface area contributed by atoms with Gasteiger partial charge in [-0.3, -0.25) is 14.7 Å². The van der Waals surface area contributed by atoms with Crippen LogP contribution in [0.25, 0.3) is 0 Å². The van der Waals surface area contributed by atoms with Crippen LogP contribution in [0.3, 0.4) is 0 Å². The fraction of sp³-hybridized carbons (Fsp3) is 0.714. The Morgan fingerprint density at radius 2 is 2.12 bits per heavy atom. The molecule has 2 fully saturated rings. The molecule has 2 aliphatic rings. The third-order valence-electron chi connectivity index (χ3n) is 4.33. The molecule has 1 aromatic rings. The summed E-state index contributed by atoms with van der Waals surface area (Å²) in [5, 5.41) is 13.3. The largest absolute Gasteiger partial charge is 0.483 e. The maximum absolute atomic E-state index is 12.3. The lowest BCUT2D eigenvalue weighted by molar-refractivity contribution is -0.147. The van der Waals surface area contributed by atoms with Crippen molar-refractivity contribution < 1.29 is 19.4 Å². The summed E-state index contributed by atoms with van der Waals surface area (Å²) >= 11 is 0. The highest BCUT2D eigenvalue weighted by Gasteiger charge is 2.39. The van der Waals surface area contributed by atoms with E-state index >= 15 is 0 Å². The number of likely N-dealkylation sites (tertiary alicyclic amines) is 1. The Morgan fingerprint density at radius 1 is 1.46 bits per heavy atom. The normalized spacial score (nSPS) is 20.3. The molecule has 0 aromatic carbocycles. The number of ether oxygens (including phenoxy) is 1. The van der Waals surface area contributed by atoms with Gasteiger partial charge in [0.15, 0.2) is 0 Å². The minimum absolute atomic E-state index is 0.0603. The van der Waals surface area contributed by atoms with Crippen molar-refractivity contribution in [2.75, 3.05) is 45.6 Å². The number of aromatic amines is 1. The minimum Gasteiger partial charge on any atom is -0.483 e. The summed E-state index contributed by atoms with van der Waals surface area (Å²) in [7, 11) is 2.12. The molecule has 3 heterocycles. The maximum atomic E-state index is 12.3. The number of H-pyrrole nitrogens is 1. The van der Waals surface area contributed by atoms with Crippen LogP contribution in [0.5, 0.6) is 0 Å². The Bertz CT molecular complexity index is 555. The second-order valence-corrected chi connectivity index (χ2v) is 6.07. The highest BCUT2D eigenvalue weighted by atomic mass is 16.5. The molecule has 0 radical (unpaired) electrons. The number of nitrogen functional groups attached to an aromatic ring is 1. The molecule has 1 spiro atoms. The predicted octanol–water partition coefficient (Wildman–Crippen LogP) is -1.05. The van der Waals surface area contributed by atoms with Gasteiger partial charge in [-0.1, -0.05) is 0 Å². The van der Waals surface area contributed by atoms with Gasteiger partial charge >= 0.3 is 0 Å². The summed E-state index contributed by atoms with van der Waals surface area (Å²) in [6.07, 6.45) is 2.00. The van der Waals surface area contributed by atoms with E-state index in [1.165, 1.54) is 0 Å². The number of amides is 1. The van der Waals surface area contributed by atoms with Gasteiger partial charge in [0.05, 0.1) is 18.6 Å². The number of anilines is 1. The summed E-state index contributed by atoms with van der Waals surface area (Å²) in [5.41, 5.74) is 5.37. The van der Waals surface area contributed by atoms with Gasteiger partial charge in [-0.2, -0.15) is 4.98 Å². The first-order valence-electron chi connectivity index (χ1n) is 7.83. The molecule has 3 rings (SSSR count). The van der Waals surface area contributed by atoms with Crippen LogP contribution in [0, 0.1) is 0 Å². The second kappa shape index (κ2) is 8.06. The van der Waals surface area contributed by atoms with Gasteiger partial charge in [0.25, 0.3) is 6.47 Å². The van der Waals surface area contributed by atoms with Gasteiger partial charge in [-0.05, 0) is 19.9 Å². The lowest BCUT2D eigenvalue weighted by Gasteiger charge is -2.46. The number of piperidine rings is 1. The van der Waals surface area contributed by atoms with E-state index in [0.29, 0.717) is 5.82 Å². The number of nitrogens with one attached hydrogen (secondary N) is 1. The molecule has 0 unspecified atom stereocenters. The first-order valence-corrected chi connectivity index (χ1v) is 7.83. The molecule has 0 atom stereocenters. The summed E-state index contributed by atoms with van der Waals surface area (Å²) in [4.78, 5) is 28.8. The first-order chi connectivity index (χ1) is 11.5. The van der Waals surface area contributed by atoms with Crippen LogP contribution in [0.4, 0.5) is 5.95 Å². The number of morpholine rings is 1. The third kappa shape index (κ3) is 4.65. The zero-order valence-electron chi connectivity index (χ0n) is 13.8. The van der Waals surface area contributed by atoms with E-state index in [1.807, 2.05) is 4.90 Å². The fourth-order valence-corrected chi connectivity index (χ4v) is 3.14. The van der Waals surface area contributed by atoms with Crippen LogP contribution >= 0.6 is 0 Å². The monoisotopic (exact) mass is 340 g/mol. The standard InChI is InChI=1S/C13H22N6O2.CH2O2/c1-18-6-7-21-13(9-18)2-4-19(5-3-13)11(20)8-10-15-12(14)17-16-10;2-1-3/h2-9H2,1H3,(H3,14,15,16,17);1H,(H,2,3). The molecular formula is C14H24N6O4. The average Bonchev–Trinajstić information content (AvgIpc) is 2.93. The predicted molar refractivity (Wildman–Crippen MR) is 85.2 cm³/mol. The van der Waals surface area contributed by atoms with Crippen molar-refractivity contribution in [1.82, 2.24) is 25.0 Å². The topological polar surface area (TPSA) is 138 Å². The number of hydrogen-bond acceptors (Lipinski definition) is 7. The van der Waals surface area contributed by atoms with Crippen molar-refractivity contribution in [3.63, 3.8) is 0 Å². The van der Waals surface area contributed by atoms with Crippen LogP contribution in [0.15, 0.2) is 0 Å². The minimum atomic E-state index is -0.250. The summed E-state index contributed by atoms with van der Waals surface area (Å²) in [5.74, 6) is 0.755. The van der Waals surface area contributed by atoms with Crippen molar-refractivity contribution >= 4 is 18.3 Å². The highest BCUT2D eigenvalue weighted by molar-refractivity contribution is 5.78. The van der Waals surface area contributed by atoms with Gasteiger partial charge < -0.3 is 25.4 Å². The number of hydrogen-bond donors (Lipinski definition) is 3. The van der Waals surface area contributed by atoms with Gasteiger partial charge in [-0.15, -0.1) is 5.10 Å². The SMILES string of the molecule is CN1CCOC2(CCN(C(=O)Cc3nc(N)n[nH]3)CC2)C1.O=CO. The number of nitrogens with two attached hydrogens (primary N) is 1. The molecule has 10 heteroatoms. The van der Waals surface area contributed by atoms with Gasteiger partial charge in [0.2, 0.25) is 11.9 Å². The molecular weight excluding hydrogens is 316 g/mol. The molecule has 134 valence electrons. The second-order valence-electron chi connectivity index (χ2n) is 6.07. The fourth-order valence-electron chi connectivity index (χ4n) is 3.14. The average molecular weight is 340 g/mol. The van der Waals surface area contributed by atoms with Crippen molar-refractivity contribution in [3.05, 3.63) is 5.82 Å². The van der Waals surface area contributed by atoms with E-state index in [0.717, 1.165) is 45.6 Å². The Morgan fingerprint density at radius 3 is 2.67 bits per heavy atom. The molecule has 4 N–H and O–H groups in total. The molecule has 2 aliphatic heterocycles. The Balaban J connectivity index is 0.000000647. The zero-order chi connectivity index (χ0) is 17.6. The quantitative estimate of drug-likeness (QED) is 0.580. The molecule has 0 aliphatic carbocycles. The third-order valence-corrected chi connectivity index (χ3v) is 4.33. The highest BCUT2D eigenvalue weighted by Crippen LogP contribution is 2.29. The van der Waals surface area contributed by atoms with Crippen LogP contribution in [0.1, 0.15) is 18.7 Å². The van der Waals surface area contributed by atoms with E-state index < -0.39 is 0 Å². The Hall–Kier alpha value is -2.20. The number of likely N-dealkylation sites (N-methyl/N-ethyl adjacent to an activating group) is 1. The van der Waals surface area contributed by atoms with E-state index in [2.05, 4.69) is 27.1 Å². The zero-order valence-corrected chi connectivity index (χ0v) is 13.8. The molecule has 0 saturated carbocycles. The Labute approximate surface area is 140 Å². The van der Waals surface area contributed by atoms with E-state index in [1.54, 1.807) is 0 Å². The van der Waals surface area contributed by atoms with Crippen molar-refractivity contribution in [2.24, 2.45) is 0 Å². The Kier molecular flexibility index (Phi) is 6.10. The molecule has 10 nitrogen and oxygen atoms in total. The summed E-state index contributed by atoms with van der Waals surface area (Å²) < 4.78 is 6.00. The number of rotatable bonds is 2. The molecule has 24 heavy (non-hydrogen) atoms. The van der Waals surface area contributed by atoms with E-state index in [-0.39, 0.29) is 30.3 Å². The molecule has 0 bridgehead atoms. The van der Waals surface area contributed by atoms with Crippen molar-refractivity contribution in [3.8, 4) is 0 Å². The number of nitrogens with zero attached hydrogens (tertiary/aromatic N) is 4. The molecule has 2 saturated heterocycles. The molecule has 1 aromatic heterocycles. The first kappa shape index (κ1) is 18.1. The summed E-state index contributed by atoms with van der Waals surface area (Å²) in [6.45, 7) is 3.93. The number of aromatic nitrogens is 3. The molecule has 1 amide bonds. The summed E-state index contributed by atoms with van der Waals surface area (Å²) in [6, 6.07) is 0.